The second-order valence-corrected chi connectivity index (χ2v) is 6.47. The number of nitrogens with one attached hydrogen (secondary N) is 1. The molecule has 3 nitrogen and oxygen atoms in total. The van der Waals surface area contributed by atoms with Crippen molar-refractivity contribution in [1.82, 2.24) is 9.97 Å². The average molecular weight is 301 g/mol. The molecule has 0 fully saturated rings. The first-order chi connectivity index (χ1) is 9.81. The highest BCUT2D eigenvalue weighted by atomic mass is 32.2. The van der Waals surface area contributed by atoms with E-state index in [1.807, 2.05) is 24.2 Å². The third kappa shape index (κ3) is 2.51. The summed E-state index contributed by atoms with van der Waals surface area (Å²) in [5.41, 5.74) is 1.05. The van der Waals surface area contributed by atoms with E-state index in [2.05, 4.69) is 52.5 Å². The third-order valence-electron chi connectivity index (χ3n) is 2.99. The minimum Gasteiger partial charge on any atom is -0.372 e. The first-order valence-corrected chi connectivity index (χ1v) is 8.34. The van der Waals surface area contributed by atoms with Crippen molar-refractivity contribution >= 4 is 39.1 Å². The van der Waals surface area contributed by atoms with Gasteiger partial charge in [-0.2, -0.15) is 0 Å². The zero-order valence-electron chi connectivity index (χ0n) is 11.4. The number of rotatable bonds is 4. The van der Waals surface area contributed by atoms with Crippen molar-refractivity contribution in [3.05, 3.63) is 35.7 Å². The maximum atomic E-state index is 4.65. The molecule has 0 aliphatic rings. The Morgan fingerprint density at radius 2 is 1.95 bits per heavy atom. The lowest BCUT2D eigenvalue weighted by atomic mass is 10.2. The van der Waals surface area contributed by atoms with Crippen LogP contribution in [0.2, 0.25) is 0 Å². The van der Waals surface area contributed by atoms with Crippen molar-refractivity contribution in [3.8, 4) is 11.4 Å². The summed E-state index contributed by atoms with van der Waals surface area (Å²) >= 11 is 3.48. The van der Waals surface area contributed by atoms with Crippen molar-refractivity contribution in [3.63, 3.8) is 0 Å². The van der Waals surface area contributed by atoms with Gasteiger partial charge < -0.3 is 5.32 Å². The molecule has 0 saturated heterocycles. The van der Waals surface area contributed by atoms with E-state index in [-0.39, 0.29) is 0 Å². The molecule has 3 rings (SSSR count). The van der Waals surface area contributed by atoms with E-state index >= 15 is 0 Å². The van der Waals surface area contributed by atoms with Crippen LogP contribution >= 0.6 is 23.1 Å². The van der Waals surface area contributed by atoms with E-state index in [9.17, 15) is 0 Å². The van der Waals surface area contributed by atoms with E-state index in [1.165, 1.54) is 4.90 Å². The normalized spacial score (nSPS) is 10.9. The molecule has 20 heavy (non-hydrogen) atoms. The van der Waals surface area contributed by atoms with Crippen LogP contribution in [-0.4, -0.2) is 22.8 Å². The van der Waals surface area contributed by atoms with Gasteiger partial charge in [0.1, 0.15) is 10.6 Å². The number of benzene rings is 1. The van der Waals surface area contributed by atoms with Gasteiger partial charge in [0, 0.05) is 17.5 Å². The topological polar surface area (TPSA) is 37.8 Å². The summed E-state index contributed by atoms with van der Waals surface area (Å²) in [5.74, 6) is 2.75. The fourth-order valence-electron chi connectivity index (χ4n) is 2.04. The fraction of sp³-hybridized carbons (Fsp3) is 0.200. The summed E-state index contributed by atoms with van der Waals surface area (Å²) in [7, 11) is 1.89. The number of aromatic nitrogens is 2. The number of anilines is 1. The molecule has 1 aromatic carbocycles. The average Bonchev–Trinajstić information content (AvgIpc) is 2.95. The molecule has 0 radical (unpaired) electrons. The molecule has 0 aliphatic carbocycles. The maximum absolute atomic E-state index is 4.65. The summed E-state index contributed by atoms with van der Waals surface area (Å²) in [6.07, 6.45) is 0. The first-order valence-electron chi connectivity index (χ1n) is 6.48. The lowest BCUT2D eigenvalue weighted by Crippen LogP contribution is -1.97. The molecule has 0 saturated carbocycles. The number of hydrogen-bond donors (Lipinski definition) is 1. The van der Waals surface area contributed by atoms with E-state index in [0.29, 0.717) is 0 Å². The fourth-order valence-corrected chi connectivity index (χ4v) is 3.47. The molecule has 0 amide bonds. The predicted octanol–water partition coefficient (Wildman–Crippen LogP) is 4.51. The lowest BCUT2D eigenvalue weighted by Gasteiger charge is -2.06. The van der Waals surface area contributed by atoms with E-state index in [1.54, 1.807) is 11.3 Å². The Balaban J connectivity index is 2.04. The van der Waals surface area contributed by atoms with Crippen molar-refractivity contribution < 1.29 is 0 Å². The second-order valence-electron chi connectivity index (χ2n) is 4.24. The van der Waals surface area contributed by atoms with Gasteiger partial charge in [0.15, 0.2) is 5.82 Å². The molecule has 0 atom stereocenters. The summed E-state index contributed by atoms with van der Waals surface area (Å²) in [4.78, 5) is 11.6. The third-order valence-corrected chi connectivity index (χ3v) is 4.69. The number of thiophene rings is 1. The molecule has 0 unspecified atom stereocenters. The largest absolute Gasteiger partial charge is 0.372 e. The van der Waals surface area contributed by atoms with Crippen molar-refractivity contribution in [2.75, 3.05) is 18.1 Å². The van der Waals surface area contributed by atoms with Crippen LogP contribution in [0.5, 0.6) is 0 Å². The quantitative estimate of drug-likeness (QED) is 0.719. The summed E-state index contributed by atoms with van der Waals surface area (Å²) in [5, 5.41) is 6.28. The minimum absolute atomic E-state index is 0.775. The van der Waals surface area contributed by atoms with Gasteiger partial charge >= 0.3 is 0 Å². The van der Waals surface area contributed by atoms with Crippen LogP contribution in [0.3, 0.4) is 0 Å². The Hall–Kier alpha value is -1.59. The molecule has 3 aromatic rings. The Morgan fingerprint density at radius 3 is 2.65 bits per heavy atom. The highest BCUT2D eigenvalue weighted by Crippen LogP contribution is 2.29. The van der Waals surface area contributed by atoms with Gasteiger partial charge in [-0.05, 0) is 29.3 Å². The molecule has 2 heterocycles. The van der Waals surface area contributed by atoms with E-state index in [0.717, 1.165) is 33.2 Å². The Kier molecular flexibility index (Phi) is 3.89. The smallest absolute Gasteiger partial charge is 0.163 e. The number of nitrogens with zero attached hydrogens (tertiary/aromatic N) is 2. The Bertz CT molecular complexity index is 720. The number of thioether (sulfide) groups is 1. The SMILES string of the molecule is CCSc1ccc(-c2nc(NC)c3ccsc3n2)cc1. The van der Waals surface area contributed by atoms with Crippen LogP contribution in [-0.2, 0) is 0 Å². The highest BCUT2D eigenvalue weighted by molar-refractivity contribution is 7.99. The molecule has 0 bridgehead atoms. The standard InChI is InChI=1S/C15H15N3S2/c1-3-19-11-6-4-10(5-7-11)13-17-14(16-2)12-8-9-20-15(12)18-13/h4-9H,3H2,1-2H3,(H,16,17,18). The number of hydrogen-bond acceptors (Lipinski definition) is 5. The molecule has 0 aliphatic heterocycles. The van der Waals surface area contributed by atoms with Gasteiger partial charge in [0.2, 0.25) is 0 Å². The summed E-state index contributed by atoms with van der Waals surface area (Å²) in [6, 6.07) is 10.5. The van der Waals surface area contributed by atoms with Gasteiger partial charge in [-0.15, -0.1) is 23.1 Å². The van der Waals surface area contributed by atoms with Crippen molar-refractivity contribution in [2.24, 2.45) is 0 Å². The molecular formula is C15H15N3S2. The van der Waals surface area contributed by atoms with E-state index < -0.39 is 0 Å². The van der Waals surface area contributed by atoms with Gasteiger partial charge in [-0.1, -0.05) is 19.1 Å². The van der Waals surface area contributed by atoms with Crippen LogP contribution in [0, 0.1) is 0 Å². The second kappa shape index (κ2) is 5.81. The zero-order valence-corrected chi connectivity index (χ0v) is 13.0. The van der Waals surface area contributed by atoms with E-state index in [4.69, 9.17) is 0 Å². The molecular weight excluding hydrogens is 286 g/mol. The van der Waals surface area contributed by atoms with Gasteiger partial charge in [0.05, 0.1) is 5.39 Å². The monoisotopic (exact) mass is 301 g/mol. The molecule has 1 N–H and O–H groups in total. The van der Waals surface area contributed by atoms with Crippen LogP contribution in [0.15, 0.2) is 40.6 Å². The molecule has 2 aromatic heterocycles. The van der Waals surface area contributed by atoms with Gasteiger partial charge in [-0.25, -0.2) is 9.97 Å². The molecule has 0 spiro atoms. The van der Waals surface area contributed by atoms with Crippen LogP contribution in [0.25, 0.3) is 21.6 Å². The summed E-state index contributed by atoms with van der Waals surface area (Å²) in [6.45, 7) is 2.16. The van der Waals surface area contributed by atoms with Crippen molar-refractivity contribution in [2.45, 2.75) is 11.8 Å². The maximum Gasteiger partial charge on any atom is 0.163 e. The number of fused-ring (bicyclic) bond motifs is 1. The Morgan fingerprint density at radius 1 is 1.15 bits per heavy atom. The predicted molar refractivity (Wildman–Crippen MR) is 88.8 cm³/mol. The Labute approximate surface area is 126 Å². The zero-order chi connectivity index (χ0) is 13.9. The lowest BCUT2D eigenvalue weighted by molar-refractivity contribution is 1.22. The van der Waals surface area contributed by atoms with Crippen LogP contribution in [0.4, 0.5) is 5.82 Å². The van der Waals surface area contributed by atoms with Gasteiger partial charge in [0.25, 0.3) is 0 Å². The van der Waals surface area contributed by atoms with Crippen molar-refractivity contribution in [1.29, 1.82) is 0 Å². The molecule has 102 valence electrons. The van der Waals surface area contributed by atoms with Crippen LogP contribution < -0.4 is 5.32 Å². The molecule has 5 heteroatoms. The summed E-state index contributed by atoms with van der Waals surface area (Å²) < 4.78 is 0. The minimum atomic E-state index is 0.775. The highest BCUT2D eigenvalue weighted by Gasteiger charge is 2.09. The first kappa shape index (κ1) is 13.4. The van der Waals surface area contributed by atoms with Gasteiger partial charge in [-0.3, -0.25) is 0 Å². The van der Waals surface area contributed by atoms with Crippen LogP contribution in [0.1, 0.15) is 6.92 Å².